The van der Waals surface area contributed by atoms with E-state index in [2.05, 4.69) is 0 Å². The first-order valence-electron chi connectivity index (χ1n) is 5.68. The Morgan fingerprint density at radius 1 is 1.33 bits per heavy atom. The molecule has 1 N–H and O–H groups in total. The van der Waals surface area contributed by atoms with Crippen LogP contribution in [0.3, 0.4) is 0 Å². The molecule has 0 saturated heterocycles. The Balaban J connectivity index is 2.40. The number of carbonyl (C=O) groups is 1. The van der Waals surface area contributed by atoms with Crippen molar-refractivity contribution in [3.63, 3.8) is 0 Å². The molecule has 0 aromatic heterocycles. The van der Waals surface area contributed by atoms with Gasteiger partial charge in [-0.2, -0.15) is 0 Å². The smallest absolute Gasteiger partial charge is 0.307 e. The summed E-state index contributed by atoms with van der Waals surface area (Å²) < 4.78 is 23.0. The van der Waals surface area contributed by atoms with Crippen LogP contribution in [0.4, 0.5) is 0 Å². The van der Waals surface area contributed by atoms with Gasteiger partial charge in [-0.15, -0.1) is 0 Å². The Morgan fingerprint density at radius 3 is 2.39 bits per heavy atom. The molecule has 5 heteroatoms. The molecule has 1 aliphatic carbocycles. The first-order valence-corrected chi connectivity index (χ1v) is 7.57. The van der Waals surface area contributed by atoms with Gasteiger partial charge in [0.2, 0.25) is 0 Å². The number of rotatable bonds is 3. The number of sulfone groups is 1. The Morgan fingerprint density at radius 2 is 1.94 bits per heavy atom. The molecule has 0 bridgehead atoms. The van der Waals surface area contributed by atoms with Crippen molar-refractivity contribution in [1.82, 2.24) is 0 Å². The fourth-order valence-electron chi connectivity index (χ4n) is 2.66. The zero-order chi connectivity index (χ0) is 13.7. The third-order valence-electron chi connectivity index (χ3n) is 3.74. The summed E-state index contributed by atoms with van der Waals surface area (Å²) in [6.45, 7) is 3.78. The van der Waals surface area contributed by atoms with Crippen molar-refractivity contribution >= 4 is 15.8 Å². The standard InChI is InChI=1S/C13H16O4S/c1-13(2)10(11(13)12(14)15)8-5-4-6-9(7-8)18(3,16)17/h4-7,10-11H,1-3H3,(H,14,15)/t10-,11+/m1/s1. The summed E-state index contributed by atoms with van der Waals surface area (Å²) in [7, 11) is -3.25. The van der Waals surface area contributed by atoms with Gasteiger partial charge in [0.15, 0.2) is 9.84 Å². The second kappa shape index (κ2) is 3.82. The maximum Gasteiger partial charge on any atom is 0.307 e. The van der Waals surface area contributed by atoms with Crippen molar-refractivity contribution in [2.24, 2.45) is 11.3 Å². The van der Waals surface area contributed by atoms with Crippen molar-refractivity contribution < 1.29 is 18.3 Å². The zero-order valence-corrected chi connectivity index (χ0v) is 11.4. The fourth-order valence-corrected chi connectivity index (χ4v) is 3.34. The van der Waals surface area contributed by atoms with E-state index in [1.165, 1.54) is 6.07 Å². The van der Waals surface area contributed by atoms with E-state index in [9.17, 15) is 13.2 Å². The average molecular weight is 268 g/mol. The molecular formula is C13H16O4S. The number of aliphatic carboxylic acids is 1. The zero-order valence-electron chi connectivity index (χ0n) is 10.5. The molecule has 98 valence electrons. The topological polar surface area (TPSA) is 71.4 Å². The summed E-state index contributed by atoms with van der Waals surface area (Å²) in [5.41, 5.74) is 0.470. The Hall–Kier alpha value is -1.36. The molecule has 0 radical (unpaired) electrons. The van der Waals surface area contributed by atoms with E-state index in [-0.39, 0.29) is 16.2 Å². The van der Waals surface area contributed by atoms with Gasteiger partial charge in [-0.1, -0.05) is 26.0 Å². The average Bonchev–Trinajstić information content (AvgIpc) is 2.81. The summed E-state index contributed by atoms with van der Waals surface area (Å²) in [4.78, 5) is 11.4. The number of hydrogen-bond acceptors (Lipinski definition) is 3. The van der Waals surface area contributed by atoms with Crippen LogP contribution in [0.15, 0.2) is 29.2 Å². The number of carboxylic acid groups (broad SMARTS) is 1. The van der Waals surface area contributed by atoms with Gasteiger partial charge in [0.1, 0.15) is 0 Å². The monoisotopic (exact) mass is 268 g/mol. The maximum atomic E-state index is 11.5. The highest BCUT2D eigenvalue weighted by Gasteiger charge is 2.62. The lowest BCUT2D eigenvalue weighted by Crippen LogP contribution is -2.03. The summed E-state index contributed by atoms with van der Waals surface area (Å²) in [6, 6.07) is 6.58. The van der Waals surface area contributed by atoms with Crippen LogP contribution in [-0.4, -0.2) is 25.7 Å². The second-order valence-corrected chi connectivity index (χ2v) is 7.48. The van der Waals surface area contributed by atoms with E-state index in [4.69, 9.17) is 5.11 Å². The van der Waals surface area contributed by atoms with Crippen LogP contribution in [-0.2, 0) is 14.6 Å². The van der Waals surface area contributed by atoms with Crippen LogP contribution in [0, 0.1) is 11.3 Å². The van der Waals surface area contributed by atoms with Crippen LogP contribution in [0.25, 0.3) is 0 Å². The highest BCUT2D eigenvalue weighted by molar-refractivity contribution is 7.90. The Bertz CT molecular complexity index is 601. The van der Waals surface area contributed by atoms with Crippen molar-refractivity contribution in [1.29, 1.82) is 0 Å². The molecule has 18 heavy (non-hydrogen) atoms. The Kier molecular flexibility index (Phi) is 2.77. The molecule has 1 aromatic carbocycles. The largest absolute Gasteiger partial charge is 0.481 e. The van der Waals surface area contributed by atoms with Gasteiger partial charge >= 0.3 is 5.97 Å². The van der Waals surface area contributed by atoms with E-state index < -0.39 is 21.7 Å². The minimum atomic E-state index is -3.25. The number of benzene rings is 1. The van der Waals surface area contributed by atoms with Crippen molar-refractivity contribution in [2.45, 2.75) is 24.7 Å². The van der Waals surface area contributed by atoms with Crippen molar-refractivity contribution in [3.05, 3.63) is 29.8 Å². The van der Waals surface area contributed by atoms with E-state index in [0.29, 0.717) is 0 Å². The van der Waals surface area contributed by atoms with Crippen LogP contribution >= 0.6 is 0 Å². The minimum absolute atomic E-state index is 0.114. The molecule has 1 fully saturated rings. The van der Waals surface area contributed by atoms with Crippen molar-refractivity contribution in [3.8, 4) is 0 Å². The molecule has 4 nitrogen and oxygen atoms in total. The summed E-state index contributed by atoms with van der Waals surface area (Å²) in [5.74, 6) is -1.38. The molecule has 0 unspecified atom stereocenters. The third-order valence-corrected chi connectivity index (χ3v) is 4.85. The van der Waals surface area contributed by atoms with Crippen LogP contribution in [0.2, 0.25) is 0 Å². The van der Waals surface area contributed by atoms with Crippen LogP contribution in [0.5, 0.6) is 0 Å². The molecule has 1 aromatic rings. The summed E-state index contributed by atoms with van der Waals surface area (Å²) >= 11 is 0. The predicted octanol–water partition coefficient (Wildman–Crippen LogP) is 1.91. The normalized spacial score (nSPS) is 25.7. The molecule has 1 saturated carbocycles. The van der Waals surface area contributed by atoms with Gasteiger partial charge in [-0.25, -0.2) is 8.42 Å². The lowest BCUT2D eigenvalue weighted by atomic mass is 10.0. The first-order chi connectivity index (χ1) is 8.15. The molecule has 0 spiro atoms. The van der Waals surface area contributed by atoms with Gasteiger partial charge in [-0.05, 0) is 23.1 Å². The number of hydrogen-bond donors (Lipinski definition) is 1. The molecule has 1 aliphatic rings. The lowest BCUT2D eigenvalue weighted by molar-refractivity contribution is -0.139. The van der Waals surface area contributed by atoms with E-state index in [1.807, 2.05) is 13.8 Å². The second-order valence-electron chi connectivity index (χ2n) is 5.46. The highest BCUT2D eigenvalue weighted by Crippen LogP contribution is 2.64. The molecular weight excluding hydrogens is 252 g/mol. The summed E-state index contributed by atoms with van der Waals surface area (Å²) in [5, 5.41) is 9.13. The number of carboxylic acids is 1. The van der Waals surface area contributed by atoms with Crippen molar-refractivity contribution in [2.75, 3.05) is 6.26 Å². The highest BCUT2D eigenvalue weighted by atomic mass is 32.2. The molecule has 0 aliphatic heterocycles. The van der Waals surface area contributed by atoms with Gasteiger partial charge in [0.05, 0.1) is 10.8 Å². The molecule has 2 rings (SSSR count). The first kappa shape index (κ1) is 13.1. The van der Waals surface area contributed by atoms with E-state index in [0.717, 1.165) is 11.8 Å². The van der Waals surface area contributed by atoms with Gasteiger partial charge in [-0.3, -0.25) is 4.79 Å². The van der Waals surface area contributed by atoms with Gasteiger partial charge < -0.3 is 5.11 Å². The van der Waals surface area contributed by atoms with E-state index >= 15 is 0 Å². The van der Waals surface area contributed by atoms with Crippen LogP contribution in [0.1, 0.15) is 25.3 Å². The molecule has 0 amide bonds. The van der Waals surface area contributed by atoms with Gasteiger partial charge in [0, 0.05) is 12.2 Å². The fraction of sp³-hybridized carbons (Fsp3) is 0.462. The Labute approximate surface area is 107 Å². The third kappa shape index (κ3) is 2.03. The molecule has 0 heterocycles. The minimum Gasteiger partial charge on any atom is -0.481 e. The predicted molar refractivity (Wildman–Crippen MR) is 67.2 cm³/mol. The quantitative estimate of drug-likeness (QED) is 0.909. The van der Waals surface area contributed by atoms with Gasteiger partial charge in [0.25, 0.3) is 0 Å². The lowest BCUT2D eigenvalue weighted by Gasteiger charge is -2.05. The maximum absolute atomic E-state index is 11.5. The van der Waals surface area contributed by atoms with Crippen LogP contribution < -0.4 is 0 Å². The molecule has 2 atom stereocenters. The van der Waals surface area contributed by atoms with E-state index in [1.54, 1.807) is 18.2 Å². The SMILES string of the molecule is CC1(C)[C@H](C(=O)O)[C@H]1c1cccc(S(C)(=O)=O)c1. The summed E-state index contributed by atoms with van der Waals surface area (Å²) in [6.07, 6.45) is 1.15.